The van der Waals surface area contributed by atoms with E-state index in [0.29, 0.717) is 22.4 Å². The summed E-state index contributed by atoms with van der Waals surface area (Å²) >= 11 is 10.8. The predicted octanol–water partition coefficient (Wildman–Crippen LogP) is 3.86. The zero-order chi connectivity index (χ0) is 12.1. The summed E-state index contributed by atoms with van der Waals surface area (Å²) in [6.07, 6.45) is 1.05. The highest BCUT2D eigenvalue weighted by Gasteiger charge is 2.14. The zero-order valence-corrected chi connectivity index (χ0v) is 12.5. The maximum atomic E-state index is 11.8. The van der Waals surface area contributed by atoms with Gasteiger partial charge in [0.1, 0.15) is 4.88 Å². The Morgan fingerprint density at radius 3 is 2.88 bits per heavy atom. The van der Waals surface area contributed by atoms with Crippen molar-refractivity contribution in [2.45, 2.75) is 20.3 Å². The molecule has 5 heteroatoms. The van der Waals surface area contributed by atoms with E-state index in [1.165, 1.54) is 11.3 Å². The number of thiophene rings is 1. The van der Waals surface area contributed by atoms with Crippen LogP contribution in [0.25, 0.3) is 0 Å². The van der Waals surface area contributed by atoms with Crippen molar-refractivity contribution in [3.05, 3.63) is 20.8 Å². The van der Waals surface area contributed by atoms with Crippen LogP contribution in [0.5, 0.6) is 0 Å². The summed E-state index contributed by atoms with van der Waals surface area (Å²) in [6, 6.07) is 0. The maximum absolute atomic E-state index is 11.8. The fraction of sp³-hybridized carbons (Fsp3) is 0.545. The quantitative estimate of drug-likeness (QED) is 0.819. The molecule has 0 spiro atoms. The lowest BCUT2D eigenvalue weighted by Gasteiger charge is -2.10. The van der Waals surface area contributed by atoms with Gasteiger partial charge >= 0.3 is 0 Å². The highest BCUT2D eigenvalue weighted by molar-refractivity contribution is 9.09. The van der Waals surface area contributed by atoms with Crippen LogP contribution < -0.4 is 5.32 Å². The Kier molecular flexibility index (Phi) is 5.79. The first kappa shape index (κ1) is 14.0. The van der Waals surface area contributed by atoms with E-state index in [1.807, 2.05) is 12.3 Å². The smallest absolute Gasteiger partial charge is 0.262 e. The molecule has 0 fully saturated rings. The monoisotopic (exact) mass is 323 g/mol. The van der Waals surface area contributed by atoms with E-state index >= 15 is 0 Å². The third-order valence-corrected chi connectivity index (χ3v) is 4.47. The molecule has 1 unspecified atom stereocenters. The fourth-order valence-electron chi connectivity index (χ4n) is 1.22. The van der Waals surface area contributed by atoms with Gasteiger partial charge in [-0.25, -0.2) is 0 Å². The molecule has 0 aliphatic heterocycles. The zero-order valence-electron chi connectivity index (χ0n) is 9.35. The second-order valence-corrected chi connectivity index (χ2v) is 5.91. The fourth-order valence-corrected chi connectivity index (χ4v) is 3.20. The third-order valence-electron chi connectivity index (χ3n) is 2.32. The molecule has 1 aromatic rings. The largest absolute Gasteiger partial charge is 0.351 e. The number of hydrogen-bond donors (Lipinski definition) is 1. The molecule has 0 bridgehead atoms. The van der Waals surface area contributed by atoms with Crippen molar-refractivity contribution in [2.75, 3.05) is 11.9 Å². The molecule has 90 valence electrons. The van der Waals surface area contributed by atoms with Gasteiger partial charge in [0.2, 0.25) is 0 Å². The van der Waals surface area contributed by atoms with Crippen molar-refractivity contribution in [3.8, 4) is 0 Å². The van der Waals surface area contributed by atoms with E-state index in [9.17, 15) is 4.79 Å². The molecule has 1 atom stereocenters. The van der Waals surface area contributed by atoms with Crippen molar-refractivity contribution in [1.82, 2.24) is 5.32 Å². The van der Waals surface area contributed by atoms with E-state index in [1.54, 1.807) is 0 Å². The Balaban J connectivity index is 2.50. The summed E-state index contributed by atoms with van der Waals surface area (Å²) in [6.45, 7) is 4.71. The first-order valence-electron chi connectivity index (χ1n) is 5.14. The minimum atomic E-state index is -0.0653. The number of alkyl halides is 1. The Labute approximate surface area is 114 Å². The van der Waals surface area contributed by atoms with Crippen molar-refractivity contribution in [3.63, 3.8) is 0 Å². The third kappa shape index (κ3) is 3.75. The first-order valence-corrected chi connectivity index (χ1v) is 7.52. The molecule has 2 nitrogen and oxygen atoms in total. The number of carbonyl (C=O) groups excluding carboxylic acids is 1. The van der Waals surface area contributed by atoms with Gasteiger partial charge in [0, 0.05) is 11.9 Å². The van der Waals surface area contributed by atoms with Gasteiger partial charge in [-0.2, -0.15) is 0 Å². The van der Waals surface area contributed by atoms with Crippen molar-refractivity contribution >= 4 is 44.8 Å². The number of rotatable bonds is 5. The molecule has 1 N–H and O–H groups in total. The number of hydrogen-bond acceptors (Lipinski definition) is 2. The normalized spacial score (nSPS) is 12.5. The summed E-state index contributed by atoms with van der Waals surface area (Å²) in [5.74, 6) is 0.410. The van der Waals surface area contributed by atoms with Crippen molar-refractivity contribution in [2.24, 2.45) is 5.92 Å². The summed E-state index contributed by atoms with van der Waals surface area (Å²) < 4.78 is 0. The van der Waals surface area contributed by atoms with E-state index in [4.69, 9.17) is 11.6 Å². The van der Waals surface area contributed by atoms with E-state index < -0.39 is 0 Å². The van der Waals surface area contributed by atoms with Gasteiger partial charge in [0.25, 0.3) is 5.91 Å². The second kappa shape index (κ2) is 6.62. The lowest BCUT2D eigenvalue weighted by molar-refractivity contribution is 0.0952. The Morgan fingerprint density at radius 2 is 2.38 bits per heavy atom. The molecule has 0 aromatic carbocycles. The Morgan fingerprint density at radius 1 is 1.69 bits per heavy atom. The van der Waals surface area contributed by atoms with Crippen LogP contribution in [0, 0.1) is 12.8 Å². The topological polar surface area (TPSA) is 29.1 Å². The SMILES string of the molecule is Cc1csc(C(=O)NCC(C)CCBr)c1Cl. The molecule has 1 heterocycles. The van der Waals surface area contributed by atoms with Crippen LogP contribution >= 0.6 is 38.9 Å². The molecule has 1 rings (SSSR count). The van der Waals surface area contributed by atoms with Gasteiger partial charge in [0.05, 0.1) is 5.02 Å². The number of amides is 1. The average molecular weight is 325 g/mol. The summed E-state index contributed by atoms with van der Waals surface area (Å²) in [5.41, 5.74) is 0.963. The standard InChI is InChI=1S/C11H15BrClNOS/c1-7(3-4-12)5-14-11(15)10-9(13)8(2)6-16-10/h6-7H,3-5H2,1-2H3,(H,14,15). The van der Waals surface area contributed by atoms with Crippen molar-refractivity contribution in [1.29, 1.82) is 0 Å². The predicted molar refractivity (Wildman–Crippen MR) is 74.0 cm³/mol. The summed E-state index contributed by atoms with van der Waals surface area (Å²) in [7, 11) is 0. The molecule has 1 aromatic heterocycles. The van der Waals surface area contributed by atoms with E-state index in [2.05, 4.69) is 28.2 Å². The molecule has 0 aliphatic carbocycles. The van der Waals surface area contributed by atoms with Crippen LogP contribution in [-0.2, 0) is 0 Å². The molecule has 0 saturated carbocycles. The van der Waals surface area contributed by atoms with Gasteiger partial charge in [0.15, 0.2) is 0 Å². The lowest BCUT2D eigenvalue weighted by atomic mass is 10.1. The van der Waals surface area contributed by atoms with Gasteiger partial charge < -0.3 is 5.32 Å². The first-order chi connectivity index (χ1) is 7.56. The second-order valence-electron chi connectivity index (χ2n) is 3.85. The number of carbonyl (C=O) groups is 1. The molecular weight excluding hydrogens is 310 g/mol. The summed E-state index contributed by atoms with van der Waals surface area (Å²) in [4.78, 5) is 12.4. The molecule has 0 radical (unpaired) electrons. The van der Waals surface area contributed by atoms with Crippen LogP contribution in [0.4, 0.5) is 0 Å². The highest BCUT2D eigenvalue weighted by atomic mass is 79.9. The number of nitrogens with one attached hydrogen (secondary N) is 1. The highest BCUT2D eigenvalue weighted by Crippen LogP contribution is 2.26. The van der Waals surface area contributed by atoms with Crippen LogP contribution in [0.2, 0.25) is 5.02 Å². The summed E-state index contributed by atoms with van der Waals surface area (Å²) in [5, 5.41) is 6.35. The van der Waals surface area contributed by atoms with Gasteiger partial charge in [-0.1, -0.05) is 34.5 Å². The Bertz CT molecular complexity index is 367. The molecular formula is C11H15BrClNOS. The van der Waals surface area contributed by atoms with Crippen molar-refractivity contribution < 1.29 is 4.79 Å². The minimum Gasteiger partial charge on any atom is -0.351 e. The average Bonchev–Trinajstić information content (AvgIpc) is 2.57. The van der Waals surface area contributed by atoms with Crippen LogP contribution in [-0.4, -0.2) is 17.8 Å². The molecule has 16 heavy (non-hydrogen) atoms. The van der Waals surface area contributed by atoms with Gasteiger partial charge in [-0.15, -0.1) is 11.3 Å². The lowest BCUT2D eigenvalue weighted by Crippen LogP contribution is -2.28. The maximum Gasteiger partial charge on any atom is 0.262 e. The van der Waals surface area contributed by atoms with E-state index in [0.717, 1.165) is 17.3 Å². The van der Waals surface area contributed by atoms with E-state index in [-0.39, 0.29) is 5.91 Å². The minimum absolute atomic E-state index is 0.0653. The molecule has 0 saturated heterocycles. The van der Waals surface area contributed by atoms with Gasteiger partial charge in [-0.05, 0) is 30.2 Å². The Hall–Kier alpha value is -0.0600. The molecule has 1 amide bonds. The van der Waals surface area contributed by atoms with Crippen LogP contribution in [0.3, 0.4) is 0 Å². The van der Waals surface area contributed by atoms with Gasteiger partial charge in [-0.3, -0.25) is 4.79 Å². The number of aryl methyl sites for hydroxylation is 1. The number of halogens is 2. The van der Waals surface area contributed by atoms with Crippen LogP contribution in [0.15, 0.2) is 5.38 Å². The van der Waals surface area contributed by atoms with Crippen LogP contribution in [0.1, 0.15) is 28.6 Å². The molecule has 0 aliphatic rings.